The summed E-state index contributed by atoms with van der Waals surface area (Å²) in [5.74, 6) is 0. The van der Waals surface area contributed by atoms with Crippen molar-refractivity contribution in [1.29, 1.82) is 10.5 Å². The Kier molecular flexibility index (Phi) is 8.87. The van der Waals surface area contributed by atoms with Gasteiger partial charge >= 0.3 is 0 Å². The van der Waals surface area contributed by atoms with Crippen LogP contribution < -0.4 is 0 Å². The van der Waals surface area contributed by atoms with Gasteiger partial charge in [0.15, 0.2) is 0 Å². The lowest BCUT2D eigenvalue weighted by Gasteiger charge is -2.20. The molecular weight excluding hydrogens is 633 g/mol. The van der Waals surface area contributed by atoms with E-state index >= 15 is 0 Å². The molecule has 0 unspecified atom stereocenters. The molecule has 0 amide bonds. The van der Waals surface area contributed by atoms with Crippen molar-refractivity contribution >= 4 is 0 Å². The average Bonchev–Trinajstić information content (AvgIpc) is 3.81. The van der Waals surface area contributed by atoms with E-state index in [9.17, 15) is 10.5 Å². The summed E-state index contributed by atoms with van der Waals surface area (Å²) in [4.78, 5) is 0. The Morgan fingerprint density at radius 2 is 0.654 bits per heavy atom. The molecule has 2 aromatic heterocycles. The van der Waals surface area contributed by atoms with Crippen molar-refractivity contribution in [3.63, 3.8) is 0 Å². The van der Waals surface area contributed by atoms with Crippen LogP contribution in [-0.4, -0.2) is 9.13 Å². The monoisotopic (exact) mass is 666 g/mol. The maximum atomic E-state index is 9.54. The van der Waals surface area contributed by atoms with Gasteiger partial charge in [-0.2, -0.15) is 10.5 Å². The van der Waals surface area contributed by atoms with Gasteiger partial charge in [0.05, 0.1) is 34.7 Å². The summed E-state index contributed by atoms with van der Waals surface area (Å²) in [6.07, 6.45) is 0. The van der Waals surface area contributed by atoms with Crippen molar-refractivity contribution in [2.45, 2.75) is 13.1 Å². The van der Waals surface area contributed by atoms with Gasteiger partial charge in [-0.25, -0.2) is 0 Å². The maximum absolute atomic E-state index is 9.54. The van der Waals surface area contributed by atoms with E-state index in [1.807, 2.05) is 24.3 Å². The molecule has 8 rings (SSSR count). The highest BCUT2D eigenvalue weighted by molar-refractivity contribution is 5.88. The Labute approximate surface area is 304 Å². The van der Waals surface area contributed by atoms with Crippen LogP contribution in [0, 0.1) is 22.7 Å². The minimum absolute atomic E-state index is 0.639. The fraction of sp³-hybridized carbons (Fsp3) is 0.0417. The molecule has 8 aromatic rings. The topological polar surface area (TPSA) is 57.4 Å². The fourth-order valence-corrected chi connectivity index (χ4v) is 7.16. The molecule has 0 aliphatic carbocycles. The Bertz CT molecular complexity index is 2350. The quantitative estimate of drug-likeness (QED) is 0.154. The molecule has 246 valence electrons. The molecule has 0 aliphatic rings. The summed E-state index contributed by atoms with van der Waals surface area (Å²) in [5.41, 5.74) is 14.7. The van der Waals surface area contributed by atoms with E-state index in [4.69, 9.17) is 0 Å². The predicted octanol–water partition coefficient (Wildman–Crippen LogP) is 11.7. The standard InChI is InChI=1S/C48H34N4/c49-33-35-21-25-37(26-22-35)43-31-45(39-13-5-1-6-14-39)51(47(43)41-17-9-3-10-18-41)29-30-52-46(40-15-7-2-8-16-40)32-44(38-27-23-36(34-50)24-28-38)48(52)42-19-11-4-12-20-42/h1-28,31-32H,29-30H2. The van der Waals surface area contributed by atoms with Crippen LogP contribution in [0.4, 0.5) is 0 Å². The third-order valence-electron chi connectivity index (χ3n) is 9.62. The average molecular weight is 667 g/mol. The molecule has 0 bridgehead atoms. The third-order valence-corrected chi connectivity index (χ3v) is 9.62. The molecular formula is C48H34N4. The third kappa shape index (κ3) is 6.22. The van der Waals surface area contributed by atoms with Crippen LogP contribution in [0.5, 0.6) is 0 Å². The molecule has 4 nitrogen and oxygen atoms in total. The Hall–Kier alpha value is -7.14. The van der Waals surface area contributed by atoms with Gasteiger partial charge in [-0.15, -0.1) is 0 Å². The summed E-state index contributed by atoms with van der Waals surface area (Å²) in [7, 11) is 0. The molecule has 0 fully saturated rings. The van der Waals surface area contributed by atoms with Gasteiger partial charge in [0.2, 0.25) is 0 Å². The van der Waals surface area contributed by atoms with E-state index in [1.54, 1.807) is 0 Å². The second-order valence-electron chi connectivity index (χ2n) is 12.7. The smallest absolute Gasteiger partial charge is 0.0991 e. The van der Waals surface area contributed by atoms with Gasteiger partial charge in [-0.05, 0) is 69.8 Å². The molecule has 2 heterocycles. The first kappa shape index (κ1) is 32.1. The van der Waals surface area contributed by atoms with Crippen LogP contribution >= 0.6 is 0 Å². The second-order valence-corrected chi connectivity index (χ2v) is 12.7. The summed E-state index contributed by atoms with van der Waals surface area (Å²) in [6.45, 7) is 1.37. The molecule has 0 spiro atoms. The van der Waals surface area contributed by atoms with Crippen molar-refractivity contribution in [2.24, 2.45) is 0 Å². The zero-order chi connectivity index (χ0) is 35.3. The van der Waals surface area contributed by atoms with Gasteiger partial charge in [0.1, 0.15) is 0 Å². The highest BCUT2D eigenvalue weighted by Crippen LogP contribution is 2.42. The van der Waals surface area contributed by atoms with E-state index in [0.29, 0.717) is 24.2 Å². The van der Waals surface area contributed by atoms with Crippen molar-refractivity contribution < 1.29 is 0 Å². The normalized spacial score (nSPS) is 10.8. The minimum atomic E-state index is 0.639. The van der Waals surface area contributed by atoms with Crippen molar-refractivity contribution in [2.75, 3.05) is 0 Å². The molecule has 0 saturated carbocycles. The number of nitrogens with zero attached hydrogens (tertiary/aromatic N) is 4. The Balaban J connectivity index is 1.35. The first-order valence-corrected chi connectivity index (χ1v) is 17.4. The van der Waals surface area contributed by atoms with Crippen LogP contribution in [0.2, 0.25) is 0 Å². The predicted molar refractivity (Wildman–Crippen MR) is 211 cm³/mol. The van der Waals surface area contributed by atoms with Gasteiger partial charge in [-0.3, -0.25) is 0 Å². The lowest BCUT2D eigenvalue weighted by atomic mass is 10.00. The van der Waals surface area contributed by atoms with E-state index in [-0.39, 0.29) is 0 Å². The summed E-state index contributed by atoms with van der Waals surface area (Å²) in [5, 5.41) is 19.1. The van der Waals surface area contributed by atoms with Crippen molar-refractivity contribution in [3.05, 3.63) is 193 Å². The van der Waals surface area contributed by atoms with E-state index in [1.165, 1.54) is 0 Å². The molecule has 4 heteroatoms. The number of benzene rings is 6. The summed E-state index contributed by atoms with van der Waals surface area (Å²) < 4.78 is 4.92. The summed E-state index contributed by atoms with van der Waals surface area (Å²) in [6, 6.07) is 67.3. The molecule has 0 atom stereocenters. The first-order chi connectivity index (χ1) is 25.7. The number of rotatable bonds is 9. The number of hydrogen-bond acceptors (Lipinski definition) is 2. The van der Waals surface area contributed by atoms with Crippen LogP contribution in [0.15, 0.2) is 182 Å². The largest absolute Gasteiger partial charge is 0.338 e. The highest BCUT2D eigenvalue weighted by Gasteiger charge is 2.23. The van der Waals surface area contributed by atoms with Crippen LogP contribution in [0.1, 0.15) is 11.1 Å². The lowest BCUT2D eigenvalue weighted by molar-refractivity contribution is 0.598. The Morgan fingerprint density at radius 1 is 0.346 bits per heavy atom. The number of hydrogen-bond donors (Lipinski definition) is 0. The second kappa shape index (κ2) is 14.4. The van der Waals surface area contributed by atoms with Gasteiger partial charge in [0, 0.05) is 35.6 Å². The van der Waals surface area contributed by atoms with Gasteiger partial charge in [-0.1, -0.05) is 146 Å². The summed E-state index contributed by atoms with van der Waals surface area (Å²) >= 11 is 0. The minimum Gasteiger partial charge on any atom is -0.338 e. The van der Waals surface area contributed by atoms with Crippen molar-refractivity contribution in [1.82, 2.24) is 9.13 Å². The first-order valence-electron chi connectivity index (χ1n) is 17.4. The molecule has 52 heavy (non-hydrogen) atoms. The fourth-order valence-electron chi connectivity index (χ4n) is 7.16. The number of aromatic nitrogens is 2. The van der Waals surface area contributed by atoms with Crippen LogP contribution in [0.25, 0.3) is 67.3 Å². The van der Waals surface area contributed by atoms with Crippen LogP contribution in [-0.2, 0) is 13.1 Å². The molecule has 6 aromatic carbocycles. The zero-order valence-electron chi connectivity index (χ0n) is 28.5. The SMILES string of the molecule is N#Cc1ccc(-c2cc(-c3ccccc3)n(CCn3c(-c4ccccc4)cc(-c4ccc(C#N)cc4)c3-c3ccccc3)c2-c2ccccc2)cc1. The van der Waals surface area contributed by atoms with E-state index in [0.717, 1.165) is 67.3 Å². The van der Waals surface area contributed by atoms with E-state index < -0.39 is 0 Å². The zero-order valence-corrected chi connectivity index (χ0v) is 28.5. The molecule has 0 N–H and O–H groups in total. The van der Waals surface area contributed by atoms with Gasteiger partial charge in [0.25, 0.3) is 0 Å². The number of nitriles is 2. The Morgan fingerprint density at radius 3 is 0.962 bits per heavy atom. The van der Waals surface area contributed by atoms with Gasteiger partial charge < -0.3 is 9.13 Å². The van der Waals surface area contributed by atoms with Crippen molar-refractivity contribution in [3.8, 4) is 79.4 Å². The van der Waals surface area contributed by atoms with Crippen LogP contribution in [0.3, 0.4) is 0 Å². The maximum Gasteiger partial charge on any atom is 0.0991 e. The molecule has 0 saturated heterocycles. The van der Waals surface area contributed by atoms with E-state index in [2.05, 4.69) is 179 Å². The molecule has 0 radical (unpaired) electrons. The highest BCUT2D eigenvalue weighted by atomic mass is 15.1. The lowest BCUT2D eigenvalue weighted by Crippen LogP contribution is -2.12. The molecule has 0 aliphatic heterocycles.